The summed E-state index contributed by atoms with van der Waals surface area (Å²) in [5.74, 6) is 1.61. The molecule has 0 spiro atoms. The molecule has 0 amide bonds. The monoisotopic (exact) mass is 371 g/mol. The molecule has 138 valence electrons. The summed E-state index contributed by atoms with van der Waals surface area (Å²) < 4.78 is 5.31. The molecular formula is C21H26ClN3O. The number of halogens is 1. The Kier molecular flexibility index (Phi) is 6.53. The predicted molar refractivity (Wildman–Crippen MR) is 108 cm³/mol. The molecule has 0 aliphatic heterocycles. The highest BCUT2D eigenvalue weighted by Crippen LogP contribution is 2.37. The van der Waals surface area contributed by atoms with Crippen molar-refractivity contribution in [3.05, 3.63) is 65.0 Å². The molecule has 5 heteroatoms. The third-order valence-electron chi connectivity index (χ3n) is 5.04. The predicted octanol–water partition coefficient (Wildman–Crippen LogP) is 4.81. The summed E-state index contributed by atoms with van der Waals surface area (Å²) in [5, 5.41) is 10.9. The first-order valence-corrected chi connectivity index (χ1v) is 9.46. The van der Waals surface area contributed by atoms with Crippen LogP contribution < -0.4 is 10.1 Å². The number of nitrogens with zero attached hydrogens (tertiary/aromatic N) is 1. The molecule has 0 saturated carbocycles. The van der Waals surface area contributed by atoms with Gasteiger partial charge in [0.1, 0.15) is 5.75 Å². The number of aromatic nitrogens is 2. The molecule has 2 N–H and O–H groups in total. The second kappa shape index (κ2) is 9.06. The molecule has 0 radical (unpaired) electrons. The summed E-state index contributed by atoms with van der Waals surface area (Å²) in [5.41, 5.74) is 3.65. The van der Waals surface area contributed by atoms with Crippen molar-refractivity contribution in [1.82, 2.24) is 15.5 Å². The van der Waals surface area contributed by atoms with Crippen molar-refractivity contribution < 1.29 is 4.74 Å². The van der Waals surface area contributed by atoms with E-state index in [0.29, 0.717) is 16.9 Å². The van der Waals surface area contributed by atoms with Crippen LogP contribution >= 0.6 is 11.6 Å². The van der Waals surface area contributed by atoms with Gasteiger partial charge in [0.2, 0.25) is 0 Å². The lowest BCUT2D eigenvalue weighted by molar-refractivity contribution is 0.413. The van der Waals surface area contributed by atoms with Crippen LogP contribution in [0.1, 0.15) is 36.3 Å². The highest BCUT2D eigenvalue weighted by molar-refractivity contribution is 6.32. The van der Waals surface area contributed by atoms with Gasteiger partial charge < -0.3 is 10.1 Å². The average Bonchev–Trinajstić information content (AvgIpc) is 3.08. The molecule has 1 aliphatic carbocycles. The van der Waals surface area contributed by atoms with E-state index in [-0.39, 0.29) is 0 Å². The maximum atomic E-state index is 6.39. The van der Waals surface area contributed by atoms with Crippen molar-refractivity contribution in [1.29, 1.82) is 0 Å². The van der Waals surface area contributed by atoms with E-state index in [0.717, 1.165) is 37.1 Å². The van der Waals surface area contributed by atoms with Gasteiger partial charge in [-0.1, -0.05) is 35.9 Å². The highest BCUT2D eigenvalue weighted by atomic mass is 35.5. The Morgan fingerprint density at radius 3 is 3.00 bits per heavy atom. The smallest absolute Gasteiger partial charge is 0.137 e. The van der Waals surface area contributed by atoms with Gasteiger partial charge in [0.05, 0.1) is 18.3 Å². The van der Waals surface area contributed by atoms with E-state index in [9.17, 15) is 0 Å². The second-order valence-corrected chi connectivity index (χ2v) is 7.05. The number of allylic oxidation sites excluding steroid dienone is 4. The summed E-state index contributed by atoms with van der Waals surface area (Å²) in [7, 11) is 3.65. The van der Waals surface area contributed by atoms with Gasteiger partial charge in [-0.15, -0.1) is 0 Å². The van der Waals surface area contributed by atoms with Crippen LogP contribution in [0.5, 0.6) is 5.75 Å². The number of hydrogen-bond acceptors (Lipinski definition) is 3. The Bertz CT molecular complexity index is 768. The SMILES string of the molecule is CNCCC(c1ccc(OC)c(Cl)c1)C1C=CC(c2cn[nH]c2)=CCC1. The highest BCUT2D eigenvalue weighted by Gasteiger charge is 2.23. The molecule has 26 heavy (non-hydrogen) atoms. The van der Waals surface area contributed by atoms with Crippen LogP contribution in [0.3, 0.4) is 0 Å². The van der Waals surface area contributed by atoms with Gasteiger partial charge >= 0.3 is 0 Å². The molecule has 0 bridgehead atoms. The van der Waals surface area contributed by atoms with Crippen molar-refractivity contribution in [3.8, 4) is 5.75 Å². The lowest BCUT2D eigenvalue weighted by Crippen LogP contribution is -2.18. The van der Waals surface area contributed by atoms with Crippen LogP contribution in [-0.4, -0.2) is 30.9 Å². The number of benzene rings is 1. The van der Waals surface area contributed by atoms with E-state index in [1.807, 2.05) is 25.5 Å². The molecule has 1 aliphatic rings. The van der Waals surface area contributed by atoms with E-state index in [4.69, 9.17) is 16.3 Å². The minimum absolute atomic E-state index is 0.416. The molecule has 1 heterocycles. The molecular weight excluding hydrogens is 346 g/mol. The fourth-order valence-electron chi connectivity index (χ4n) is 3.62. The van der Waals surface area contributed by atoms with Crippen LogP contribution in [0.4, 0.5) is 0 Å². The van der Waals surface area contributed by atoms with Gasteiger partial charge in [-0.2, -0.15) is 5.10 Å². The number of nitrogens with one attached hydrogen (secondary N) is 2. The zero-order chi connectivity index (χ0) is 18.4. The van der Waals surface area contributed by atoms with Crippen LogP contribution in [0.2, 0.25) is 5.02 Å². The van der Waals surface area contributed by atoms with E-state index >= 15 is 0 Å². The minimum Gasteiger partial charge on any atom is -0.495 e. The molecule has 3 rings (SSSR count). The van der Waals surface area contributed by atoms with Crippen molar-refractivity contribution in [3.63, 3.8) is 0 Å². The van der Waals surface area contributed by atoms with Gasteiger partial charge in [0, 0.05) is 11.8 Å². The standard InChI is InChI=1S/C21H26ClN3O/c1-23-11-10-19(17-8-9-21(26-2)20(22)12-17)16-5-3-4-15(6-7-16)18-13-24-25-14-18/h4,6-9,12-14,16,19,23H,3,5,10-11H2,1-2H3,(H,24,25). The van der Waals surface area contributed by atoms with Gasteiger partial charge in [-0.25, -0.2) is 0 Å². The Morgan fingerprint density at radius 1 is 1.42 bits per heavy atom. The molecule has 2 aromatic rings. The maximum Gasteiger partial charge on any atom is 0.137 e. The summed E-state index contributed by atoms with van der Waals surface area (Å²) in [6, 6.07) is 6.18. The van der Waals surface area contributed by atoms with E-state index in [1.165, 1.54) is 11.1 Å². The molecule has 2 atom stereocenters. The zero-order valence-electron chi connectivity index (χ0n) is 15.3. The Labute approximate surface area is 160 Å². The van der Waals surface area contributed by atoms with Crippen molar-refractivity contribution in [2.24, 2.45) is 5.92 Å². The zero-order valence-corrected chi connectivity index (χ0v) is 16.1. The first-order chi connectivity index (χ1) is 12.7. The Morgan fingerprint density at radius 2 is 2.31 bits per heavy atom. The third kappa shape index (κ3) is 4.37. The maximum absolute atomic E-state index is 6.39. The number of methoxy groups -OCH3 is 1. The van der Waals surface area contributed by atoms with Crippen LogP contribution in [0.25, 0.3) is 5.57 Å². The molecule has 1 aromatic heterocycles. The average molecular weight is 372 g/mol. The summed E-state index contributed by atoms with van der Waals surface area (Å²) in [6.07, 6.45) is 13.9. The number of ether oxygens (including phenoxy) is 1. The van der Waals surface area contributed by atoms with Crippen molar-refractivity contribution in [2.45, 2.75) is 25.2 Å². The van der Waals surface area contributed by atoms with Gasteiger partial charge in [-0.3, -0.25) is 5.10 Å². The second-order valence-electron chi connectivity index (χ2n) is 6.64. The minimum atomic E-state index is 0.416. The Hall–Kier alpha value is -2.04. The lowest BCUT2D eigenvalue weighted by Gasteiger charge is -2.25. The van der Waals surface area contributed by atoms with Crippen LogP contribution in [0.15, 0.2) is 48.8 Å². The fraction of sp³-hybridized carbons (Fsp3) is 0.381. The number of rotatable bonds is 7. The molecule has 0 saturated heterocycles. The lowest BCUT2D eigenvalue weighted by atomic mass is 9.81. The molecule has 1 aromatic carbocycles. The Balaban J connectivity index is 1.84. The number of H-pyrrole nitrogens is 1. The third-order valence-corrected chi connectivity index (χ3v) is 5.34. The van der Waals surface area contributed by atoms with E-state index in [1.54, 1.807) is 7.11 Å². The molecule has 0 fully saturated rings. The number of aromatic amines is 1. The molecule has 4 nitrogen and oxygen atoms in total. The quantitative estimate of drug-likeness (QED) is 0.733. The van der Waals surface area contributed by atoms with Crippen LogP contribution in [0, 0.1) is 5.92 Å². The summed E-state index contributed by atoms with van der Waals surface area (Å²) in [4.78, 5) is 0. The van der Waals surface area contributed by atoms with Crippen molar-refractivity contribution >= 4 is 17.2 Å². The van der Waals surface area contributed by atoms with Crippen LogP contribution in [-0.2, 0) is 0 Å². The first-order valence-electron chi connectivity index (χ1n) is 9.08. The van der Waals surface area contributed by atoms with Gasteiger partial charge in [-0.05, 0) is 68.0 Å². The summed E-state index contributed by atoms with van der Waals surface area (Å²) in [6.45, 7) is 0.973. The number of hydrogen-bond donors (Lipinski definition) is 2. The fourth-order valence-corrected chi connectivity index (χ4v) is 3.89. The van der Waals surface area contributed by atoms with Crippen molar-refractivity contribution in [2.75, 3.05) is 20.7 Å². The van der Waals surface area contributed by atoms with E-state index in [2.05, 4.69) is 45.9 Å². The topological polar surface area (TPSA) is 49.9 Å². The normalized spacial score (nSPS) is 18.3. The van der Waals surface area contributed by atoms with Gasteiger partial charge in [0.15, 0.2) is 0 Å². The first kappa shape index (κ1) is 18.7. The van der Waals surface area contributed by atoms with E-state index < -0.39 is 0 Å². The largest absolute Gasteiger partial charge is 0.495 e. The summed E-state index contributed by atoms with van der Waals surface area (Å²) >= 11 is 6.39. The molecule has 2 unspecified atom stereocenters. The van der Waals surface area contributed by atoms with Gasteiger partial charge in [0.25, 0.3) is 0 Å².